The van der Waals surface area contributed by atoms with E-state index in [-0.39, 0.29) is 23.1 Å². The highest BCUT2D eigenvalue weighted by molar-refractivity contribution is 7.99. The second-order valence-electron chi connectivity index (χ2n) is 8.36. The fourth-order valence-electron chi connectivity index (χ4n) is 4.23. The van der Waals surface area contributed by atoms with Crippen LogP contribution in [0.15, 0.2) is 46.0 Å². The van der Waals surface area contributed by atoms with Crippen LogP contribution in [0.3, 0.4) is 0 Å². The number of carbonyl (C=O) groups excluding carboxylic acids is 1. The number of fused-ring (bicyclic) bond motifs is 1. The van der Waals surface area contributed by atoms with Gasteiger partial charge in [0.05, 0.1) is 23.4 Å². The van der Waals surface area contributed by atoms with Crippen molar-refractivity contribution < 1.29 is 13.9 Å². The van der Waals surface area contributed by atoms with Crippen molar-refractivity contribution in [3.8, 4) is 17.2 Å². The van der Waals surface area contributed by atoms with Gasteiger partial charge in [0.25, 0.3) is 5.22 Å². The van der Waals surface area contributed by atoms with Gasteiger partial charge in [-0.1, -0.05) is 41.9 Å². The number of rotatable bonds is 5. The topological polar surface area (TPSA) is 68.5 Å². The summed E-state index contributed by atoms with van der Waals surface area (Å²) in [6.45, 7) is 6.36. The zero-order valence-corrected chi connectivity index (χ0v) is 20.5. The van der Waals surface area contributed by atoms with E-state index >= 15 is 0 Å². The van der Waals surface area contributed by atoms with Gasteiger partial charge in [-0.25, -0.2) is 0 Å². The first kappa shape index (κ1) is 23.0. The standard InChI is InChI=1S/C23H23Cl2N3O3S/c1-13-11-23(2,3)28(19-8-6-15(30-4)10-17(13)19)20(29)12-32-22-27-26-21(31-22)16-7-5-14(24)9-18(16)25/h5-10,13H,11-12H2,1-4H3/t13-/m1/s1. The summed E-state index contributed by atoms with van der Waals surface area (Å²) in [6.07, 6.45) is 0.851. The maximum absolute atomic E-state index is 13.3. The number of ether oxygens (including phenoxy) is 1. The fraction of sp³-hybridized carbons (Fsp3) is 0.348. The van der Waals surface area contributed by atoms with Gasteiger partial charge in [0.15, 0.2) is 0 Å². The quantitative estimate of drug-likeness (QED) is 0.381. The first-order valence-corrected chi connectivity index (χ1v) is 11.9. The molecule has 0 unspecified atom stereocenters. The molecule has 0 saturated heterocycles. The number of halogens is 2. The number of benzene rings is 2. The summed E-state index contributed by atoms with van der Waals surface area (Å²) in [6, 6.07) is 10.9. The van der Waals surface area contributed by atoms with E-state index in [2.05, 4.69) is 31.0 Å². The van der Waals surface area contributed by atoms with Gasteiger partial charge in [-0.15, -0.1) is 10.2 Å². The summed E-state index contributed by atoms with van der Waals surface area (Å²) in [7, 11) is 1.65. The van der Waals surface area contributed by atoms with E-state index in [1.807, 2.05) is 23.1 Å². The summed E-state index contributed by atoms with van der Waals surface area (Å²) in [5, 5.41) is 9.36. The second kappa shape index (κ2) is 8.96. The maximum atomic E-state index is 13.3. The highest BCUT2D eigenvalue weighted by atomic mass is 35.5. The fourth-order valence-corrected chi connectivity index (χ4v) is 5.34. The van der Waals surface area contributed by atoms with Crippen LogP contribution in [-0.2, 0) is 4.79 Å². The highest BCUT2D eigenvalue weighted by Gasteiger charge is 2.40. The largest absolute Gasteiger partial charge is 0.497 e. The number of anilines is 1. The van der Waals surface area contributed by atoms with Gasteiger partial charge in [0, 0.05) is 16.2 Å². The van der Waals surface area contributed by atoms with Gasteiger partial charge in [0.1, 0.15) is 5.75 Å². The van der Waals surface area contributed by atoms with Gasteiger partial charge >= 0.3 is 0 Å². The summed E-state index contributed by atoms with van der Waals surface area (Å²) >= 11 is 13.4. The van der Waals surface area contributed by atoms with Crippen molar-refractivity contribution in [1.82, 2.24) is 10.2 Å². The summed E-state index contributed by atoms with van der Waals surface area (Å²) in [4.78, 5) is 15.2. The molecule has 0 radical (unpaired) electrons. The third-order valence-corrected chi connectivity index (χ3v) is 6.91. The molecular formula is C23H23Cl2N3O3S. The van der Waals surface area contributed by atoms with Crippen LogP contribution in [0.1, 0.15) is 38.7 Å². The minimum absolute atomic E-state index is 0.0254. The van der Waals surface area contributed by atoms with E-state index in [0.717, 1.165) is 23.4 Å². The molecule has 0 fully saturated rings. The molecule has 0 bridgehead atoms. The number of nitrogens with zero attached hydrogens (tertiary/aromatic N) is 3. The molecule has 1 aromatic heterocycles. The van der Waals surface area contributed by atoms with Crippen molar-refractivity contribution in [2.75, 3.05) is 17.8 Å². The third-order valence-electron chi connectivity index (χ3n) is 5.55. The van der Waals surface area contributed by atoms with Gasteiger partial charge in [0.2, 0.25) is 11.8 Å². The third kappa shape index (κ3) is 4.47. The van der Waals surface area contributed by atoms with E-state index in [1.165, 1.54) is 11.8 Å². The van der Waals surface area contributed by atoms with Crippen molar-refractivity contribution in [2.24, 2.45) is 0 Å². The lowest BCUT2D eigenvalue weighted by Crippen LogP contribution is -2.52. The molecule has 2 aromatic carbocycles. The van der Waals surface area contributed by atoms with Crippen LogP contribution in [0.4, 0.5) is 5.69 Å². The van der Waals surface area contributed by atoms with Gasteiger partial charge in [-0.3, -0.25) is 4.79 Å². The zero-order valence-electron chi connectivity index (χ0n) is 18.2. The molecule has 6 nitrogen and oxygen atoms in total. The molecule has 1 aliphatic rings. The van der Waals surface area contributed by atoms with E-state index in [1.54, 1.807) is 25.3 Å². The van der Waals surface area contributed by atoms with Crippen molar-refractivity contribution in [1.29, 1.82) is 0 Å². The number of carbonyl (C=O) groups is 1. The number of hydrogen-bond acceptors (Lipinski definition) is 6. The van der Waals surface area contributed by atoms with Gasteiger partial charge in [-0.05, 0) is 68.1 Å². The molecule has 2 heterocycles. The number of aromatic nitrogens is 2. The first-order chi connectivity index (χ1) is 15.2. The molecule has 1 atom stereocenters. The van der Waals surface area contributed by atoms with Crippen LogP contribution in [0.2, 0.25) is 10.0 Å². The molecular weight excluding hydrogens is 469 g/mol. The Balaban J connectivity index is 1.53. The monoisotopic (exact) mass is 491 g/mol. The predicted octanol–water partition coefficient (Wildman–Crippen LogP) is 6.46. The minimum atomic E-state index is -0.324. The van der Waals surface area contributed by atoms with Crippen molar-refractivity contribution >= 4 is 46.6 Å². The normalized spacial score (nSPS) is 17.2. The predicted molar refractivity (Wildman–Crippen MR) is 128 cm³/mol. The van der Waals surface area contributed by atoms with Crippen LogP contribution in [0.5, 0.6) is 5.75 Å². The molecule has 3 aromatic rings. The van der Waals surface area contributed by atoms with E-state index < -0.39 is 0 Å². The average Bonchev–Trinajstić information content (AvgIpc) is 3.20. The Morgan fingerprint density at radius 2 is 2.03 bits per heavy atom. The molecule has 0 aliphatic carbocycles. The van der Waals surface area contributed by atoms with Crippen LogP contribution in [0, 0.1) is 0 Å². The van der Waals surface area contributed by atoms with Crippen LogP contribution >= 0.6 is 35.0 Å². The van der Waals surface area contributed by atoms with E-state index in [9.17, 15) is 4.79 Å². The Morgan fingerprint density at radius 1 is 1.25 bits per heavy atom. The summed E-state index contributed by atoms with van der Waals surface area (Å²) < 4.78 is 11.1. The smallest absolute Gasteiger partial charge is 0.277 e. The van der Waals surface area contributed by atoms with Crippen LogP contribution in [0.25, 0.3) is 11.5 Å². The number of hydrogen-bond donors (Lipinski definition) is 0. The lowest BCUT2D eigenvalue weighted by atomic mass is 9.80. The minimum Gasteiger partial charge on any atom is -0.497 e. The number of amides is 1. The Hall–Kier alpha value is -2.22. The molecule has 0 N–H and O–H groups in total. The van der Waals surface area contributed by atoms with E-state index in [0.29, 0.717) is 26.7 Å². The molecule has 0 saturated carbocycles. The molecule has 32 heavy (non-hydrogen) atoms. The number of methoxy groups -OCH3 is 1. The lowest BCUT2D eigenvalue weighted by Gasteiger charge is -2.46. The zero-order chi connectivity index (χ0) is 23.0. The average molecular weight is 492 g/mol. The maximum Gasteiger partial charge on any atom is 0.277 e. The summed E-state index contributed by atoms with van der Waals surface area (Å²) in [5.41, 5.74) is 2.30. The van der Waals surface area contributed by atoms with Crippen LogP contribution in [-0.4, -0.2) is 34.5 Å². The van der Waals surface area contributed by atoms with Gasteiger partial charge < -0.3 is 14.1 Å². The molecule has 1 aliphatic heterocycles. The Labute approximate surface area is 201 Å². The van der Waals surface area contributed by atoms with E-state index in [4.69, 9.17) is 32.4 Å². The highest BCUT2D eigenvalue weighted by Crippen LogP contribution is 2.45. The molecule has 0 spiro atoms. The molecule has 1 amide bonds. The molecule has 4 rings (SSSR count). The Kier molecular flexibility index (Phi) is 6.43. The first-order valence-electron chi connectivity index (χ1n) is 10.1. The summed E-state index contributed by atoms with van der Waals surface area (Å²) in [5.74, 6) is 1.53. The second-order valence-corrected chi connectivity index (χ2v) is 10.1. The van der Waals surface area contributed by atoms with Crippen LogP contribution < -0.4 is 9.64 Å². The van der Waals surface area contributed by atoms with Gasteiger partial charge in [-0.2, -0.15) is 0 Å². The van der Waals surface area contributed by atoms with Crippen molar-refractivity contribution in [3.63, 3.8) is 0 Å². The van der Waals surface area contributed by atoms with Crippen molar-refractivity contribution in [3.05, 3.63) is 52.0 Å². The lowest BCUT2D eigenvalue weighted by molar-refractivity contribution is -0.117. The molecule has 168 valence electrons. The number of thioether (sulfide) groups is 1. The Morgan fingerprint density at radius 3 is 2.75 bits per heavy atom. The SMILES string of the molecule is COc1ccc2c(c1)[C@H](C)CC(C)(C)N2C(=O)CSc1nnc(-c2ccc(Cl)cc2Cl)o1. The molecule has 9 heteroatoms. The van der Waals surface area contributed by atoms with Crippen molar-refractivity contribution in [2.45, 2.75) is 43.9 Å². The Bertz CT molecular complexity index is 1170.